The second-order valence-electron chi connectivity index (χ2n) is 3.64. The van der Waals surface area contributed by atoms with Crippen LogP contribution in [0.2, 0.25) is 0 Å². The van der Waals surface area contributed by atoms with E-state index in [0.717, 1.165) is 6.07 Å². The topological polar surface area (TPSA) is 84.6 Å². The minimum absolute atomic E-state index is 0.333. The van der Waals surface area contributed by atoms with Crippen LogP contribution in [0, 0.1) is 5.82 Å². The average Bonchev–Trinajstić information content (AvgIpc) is 2.33. The third-order valence-electron chi connectivity index (χ3n) is 2.23. The molecule has 0 heterocycles. The van der Waals surface area contributed by atoms with Crippen LogP contribution in [-0.2, 0) is 4.74 Å². The molecule has 0 aliphatic heterocycles. The molecule has 0 saturated carbocycles. The van der Waals surface area contributed by atoms with E-state index in [4.69, 9.17) is 10.5 Å². The van der Waals surface area contributed by atoms with Gasteiger partial charge in [0.15, 0.2) is 0 Å². The fraction of sp³-hybridized carbons (Fsp3) is 0.417. The zero-order valence-corrected chi connectivity index (χ0v) is 9.99. The minimum Gasteiger partial charge on any atom is -0.507 e. The maximum atomic E-state index is 13.3. The largest absolute Gasteiger partial charge is 0.507 e. The van der Waals surface area contributed by atoms with Crippen LogP contribution in [0.4, 0.5) is 4.39 Å². The number of carbonyl (C=O) groups is 1. The molecule has 0 aromatic heterocycles. The summed E-state index contributed by atoms with van der Waals surface area (Å²) in [4.78, 5) is 11.6. The second-order valence-corrected chi connectivity index (χ2v) is 3.64. The van der Waals surface area contributed by atoms with Crippen LogP contribution < -0.4 is 11.1 Å². The van der Waals surface area contributed by atoms with Crippen molar-refractivity contribution in [1.82, 2.24) is 5.32 Å². The lowest BCUT2D eigenvalue weighted by molar-refractivity contribution is 0.0936. The van der Waals surface area contributed by atoms with Gasteiger partial charge in [-0.3, -0.25) is 4.79 Å². The third kappa shape index (κ3) is 4.31. The number of hydrogen-bond donors (Lipinski definition) is 3. The molecule has 1 aromatic rings. The van der Waals surface area contributed by atoms with Crippen LogP contribution in [0.25, 0.3) is 0 Å². The molecule has 0 saturated heterocycles. The summed E-state index contributed by atoms with van der Waals surface area (Å²) in [7, 11) is 0. The summed E-state index contributed by atoms with van der Waals surface area (Å²) >= 11 is 0. The Bertz CT molecular complexity index is 379. The van der Waals surface area contributed by atoms with Gasteiger partial charge in [-0.2, -0.15) is 0 Å². The summed E-state index contributed by atoms with van der Waals surface area (Å²) in [5.74, 6) is -1.75. The molecule has 18 heavy (non-hydrogen) atoms. The first-order valence-corrected chi connectivity index (χ1v) is 5.70. The zero-order valence-electron chi connectivity index (χ0n) is 9.99. The predicted molar refractivity (Wildman–Crippen MR) is 64.9 cm³/mol. The van der Waals surface area contributed by atoms with Gasteiger partial charge in [-0.1, -0.05) is 6.07 Å². The SMILES string of the molecule is NCCOCCCNC(=O)c1c(O)cccc1F. The van der Waals surface area contributed by atoms with Crippen molar-refractivity contribution in [3.63, 3.8) is 0 Å². The van der Waals surface area contributed by atoms with Crippen LogP contribution in [0.5, 0.6) is 5.75 Å². The quantitative estimate of drug-likeness (QED) is 0.625. The molecule has 0 aliphatic carbocycles. The fourth-order valence-corrected chi connectivity index (χ4v) is 1.39. The molecule has 1 rings (SSSR count). The van der Waals surface area contributed by atoms with Gasteiger partial charge >= 0.3 is 0 Å². The Morgan fingerprint density at radius 3 is 2.89 bits per heavy atom. The number of nitrogens with two attached hydrogens (primary N) is 1. The number of rotatable bonds is 7. The van der Waals surface area contributed by atoms with Gasteiger partial charge in [-0.15, -0.1) is 0 Å². The first-order chi connectivity index (χ1) is 8.66. The van der Waals surface area contributed by atoms with Crippen LogP contribution >= 0.6 is 0 Å². The fourth-order valence-electron chi connectivity index (χ4n) is 1.39. The van der Waals surface area contributed by atoms with Crippen LogP contribution in [0.15, 0.2) is 18.2 Å². The highest BCUT2D eigenvalue weighted by Gasteiger charge is 2.15. The maximum Gasteiger partial charge on any atom is 0.258 e. The van der Waals surface area contributed by atoms with Gasteiger partial charge in [-0.25, -0.2) is 4.39 Å². The number of amides is 1. The van der Waals surface area contributed by atoms with Crippen molar-refractivity contribution >= 4 is 5.91 Å². The van der Waals surface area contributed by atoms with E-state index in [2.05, 4.69) is 5.32 Å². The molecule has 0 radical (unpaired) electrons. The number of ether oxygens (including phenoxy) is 1. The molecule has 0 bridgehead atoms. The van der Waals surface area contributed by atoms with Crippen molar-refractivity contribution in [2.45, 2.75) is 6.42 Å². The molecular weight excluding hydrogens is 239 g/mol. The Kier molecular flexibility index (Phi) is 6.10. The number of phenolic OH excluding ortho intramolecular Hbond substituents is 1. The predicted octanol–water partition coefficient (Wildman–Crippen LogP) is 0.626. The normalized spacial score (nSPS) is 10.3. The molecule has 1 amide bonds. The second kappa shape index (κ2) is 7.62. The summed E-state index contributed by atoms with van der Waals surface area (Å²) in [6.45, 7) is 1.75. The molecule has 5 nitrogen and oxygen atoms in total. The lowest BCUT2D eigenvalue weighted by Crippen LogP contribution is -2.26. The van der Waals surface area contributed by atoms with Gasteiger partial charge < -0.3 is 20.9 Å². The van der Waals surface area contributed by atoms with E-state index in [1.807, 2.05) is 0 Å². The van der Waals surface area contributed by atoms with E-state index in [1.165, 1.54) is 12.1 Å². The Balaban J connectivity index is 2.37. The number of hydrogen-bond acceptors (Lipinski definition) is 4. The summed E-state index contributed by atoms with van der Waals surface area (Å²) in [5.41, 5.74) is 4.90. The van der Waals surface area contributed by atoms with E-state index in [0.29, 0.717) is 32.7 Å². The number of benzene rings is 1. The lowest BCUT2D eigenvalue weighted by atomic mass is 10.1. The van der Waals surface area contributed by atoms with Crippen molar-refractivity contribution in [2.75, 3.05) is 26.3 Å². The van der Waals surface area contributed by atoms with Crippen LogP contribution in [0.3, 0.4) is 0 Å². The van der Waals surface area contributed by atoms with E-state index < -0.39 is 11.7 Å². The first-order valence-electron chi connectivity index (χ1n) is 5.70. The summed E-state index contributed by atoms with van der Waals surface area (Å²) in [6, 6.07) is 3.73. The zero-order chi connectivity index (χ0) is 13.4. The van der Waals surface area contributed by atoms with E-state index >= 15 is 0 Å². The molecule has 6 heteroatoms. The van der Waals surface area contributed by atoms with Gasteiger partial charge in [0.2, 0.25) is 0 Å². The van der Waals surface area contributed by atoms with Gasteiger partial charge in [0.1, 0.15) is 17.1 Å². The van der Waals surface area contributed by atoms with Crippen molar-refractivity contribution in [3.8, 4) is 5.75 Å². The number of carbonyl (C=O) groups excluding carboxylic acids is 1. The van der Waals surface area contributed by atoms with Gasteiger partial charge in [0.25, 0.3) is 5.91 Å². The Morgan fingerprint density at radius 2 is 2.22 bits per heavy atom. The van der Waals surface area contributed by atoms with E-state index in [-0.39, 0.29) is 11.3 Å². The van der Waals surface area contributed by atoms with Crippen LogP contribution in [0.1, 0.15) is 16.8 Å². The summed E-state index contributed by atoms with van der Waals surface area (Å²) in [5, 5.41) is 11.9. The Labute approximate surface area is 105 Å². The van der Waals surface area contributed by atoms with Gasteiger partial charge in [-0.05, 0) is 18.6 Å². The monoisotopic (exact) mass is 256 g/mol. The molecule has 0 atom stereocenters. The highest BCUT2D eigenvalue weighted by molar-refractivity contribution is 5.97. The summed E-state index contributed by atoms with van der Waals surface area (Å²) < 4.78 is 18.4. The Morgan fingerprint density at radius 1 is 1.44 bits per heavy atom. The molecule has 0 aliphatic rings. The van der Waals surface area contributed by atoms with Crippen molar-refractivity contribution in [2.24, 2.45) is 5.73 Å². The first kappa shape index (κ1) is 14.4. The molecular formula is C12H17FN2O3. The third-order valence-corrected chi connectivity index (χ3v) is 2.23. The average molecular weight is 256 g/mol. The molecule has 4 N–H and O–H groups in total. The number of halogens is 1. The summed E-state index contributed by atoms with van der Waals surface area (Å²) in [6.07, 6.45) is 0.598. The van der Waals surface area contributed by atoms with E-state index in [9.17, 15) is 14.3 Å². The number of phenols is 1. The highest BCUT2D eigenvalue weighted by atomic mass is 19.1. The molecule has 0 fully saturated rings. The Hall–Kier alpha value is -1.66. The molecule has 100 valence electrons. The standard InChI is InChI=1S/C12H17FN2O3/c13-9-3-1-4-10(16)11(9)12(17)15-6-2-7-18-8-5-14/h1,3-4,16H,2,5-8,14H2,(H,15,17). The minimum atomic E-state index is -0.744. The smallest absolute Gasteiger partial charge is 0.258 e. The van der Waals surface area contributed by atoms with Gasteiger partial charge in [0, 0.05) is 19.7 Å². The van der Waals surface area contributed by atoms with Crippen molar-refractivity contribution < 1.29 is 19.0 Å². The molecule has 1 aromatic carbocycles. The van der Waals surface area contributed by atoms with E-state index in [1.54, 1.807) is 0 Å². The molecule has 0 unspecified atom stereocenters. The number of nitrogens with one attached hydrogen (secondary N) is 1. The number of aromatic hydroxyl groups is 1. The van der Waals surface area contributed by atoms with Gasteiger partial charge in [0.05, 0.1) is 6.61 Å². The molecule has 0 spiro atoms. The maximum absolute atomic E-state index is 13.3. The lowest BCUT2D eigenvalue weighted by Gasteiger charge is -2.07. The van der Waals surface area contributed by atoms with Crippen molar-refractivity contribution in [1.29, 1.82) is 0 Å². The highest BCUT2D eigenvalue weighted by Crippen LogP contribution is 2.19. The van der Waals surface area contributed by atoms with Crippen molar-refractivity contribution in [3.05, 3.63) is 29.6 Å². The van der Waals surface area contributed by atoms with Crippen LogP contribution in [-0.4, -0.2) is 37.3 Å².